The van der Waals surface area contributed by atoms with E-state index in [2.05, 4.69) is 48.2 Å². The second-order valence-electron chi connectivity index (χ2n) is 8.17. The minimum absolute atomic E-state index is 0.259. The molecule has 1 aromatic rings. The first-order valence-electron chi connectivity index (χ1n) is 10.7. The molecule has 6 nitrogen and oxygen atoms in total. The summed E-state index contributed by atoms with van der Waals surface area (Å²) in [5, 5.41) is 10.5. The van der Waals surface area contributed by atoms with Crippen LogP contribution in [-0.4, -0.2) is 92.5 Å². The molecule has 1 saturated heterocycles. The van der Waals surface area contributed by atoms with Gasteiger partial charge in [-0.15, -0.1) is 0 Å². The summed E-state index contributed by atoms with van der Waals surface area (Å²) in [6.45, 7) is 16.0. The molecule has 1 fully saturated rings. The molecule has 1 aliphatic rings. The van der Waals surface area contributed by atoms with Crippen molar-refractivity contribution in [2.24, 2.45) is 0 Å². The Kier molecular flexibility index (Phi) is 9.94. The van der Waals surface area contributed by atoms with Gasteiger partial charge in [0.2, 0.25) is 0 Å². The molecule has 1 N–H and O–H groups in total. The number of likely N-dealkylation sites (N-methyl/N-ethyl adjacent to an activating group) is 2. The zero-order chi connectivity index (χ0) is 21.2. The second kappa shape index (κ2) is 12.2. The van der Waals surface area contributed by atoms with Crippen LogP contribution in [0.3, 0.4) is 0 Å². The molecule has 1 atom stereocenters. The molecule has 1 heterocycles. The smallest absolute Gasteiger partial charge is 0.161 e. The van der Waals surface area contributed by atoms with Crippen LogP contribution >= 0.6 is 0 Å². The van der Waals surface area contributed by atoms with Crippen molar-refractivity contribution in [1.82, 2.24) is 14.7 Å². The van der Waals surface area contributed by atoms with Crippen molar-refractivity contribution in [2.45, 2.75) is 32.9 Å². The minimum Gasteiger partial charge on any atom is -0.493 e. The average molecular weight is 406 g/mol. The topological polar surface area (TPSA) is 48.4 Å². The van der Waals surface area contributed by atoms with Crippen LogP contribution in [0.2, 0.25) is 0 Å². The Morgan fingerprint density at radius 3 is 2.72 bits per heavy atom. The van der Waals surface area contributed by atoms with Crippen LogP contribution in [-0.2, 0) is 6.54 Å². The number of rotatable bonds is 11. The molecule has 2 rings (SSSR count). The summed E-state index contributed by atoms with van der Waals surface area (Å²) in [5.74, 6) is 1.38. The van der Waals surface area contributed by atoms with Crippen molar-refractivity contribution in [3.8, 4) is 11.5 Å². The van der Waals surface area contributed by atoms with Gasteiger partial charge in [0.1, 0.15) is 12.7 Å². The lowest BCUT2D eigenvalue weighted by molar-refractivity contribution is 0.0685. The van der Waals surface area contributed by atoms with Gasteiger partial charge in [0, 0.05) is 32.7 Å². The molecule has 0 aromatic heterocycles. The van der Waals surface area contributed by atoms with Gasteiger partial charge in [0.15, 0.2) is 11.5 Å². The van der Waals surface area contributed by atoms with Crippen molar-refractivity contribution >= 4 is 0 Å². The SMILES string of the molecule is C=C(C)CN(CC)Cc1ccc(OC)c(OCC(O)CN2CCCN(C)CC2)c1. The first kappa shape index (κ1) is 23.7. The summed E-state index contributed by atoms with van der Waals surface area (Å²) in [5.41, 5.74) is 2.31. The van der Waals surface area contributed by atoms with Crippen molar-refractivity contribution in [3.63, 3.8) is 0 Å². The number of nitrogens with zero attached hydrogens (tertiary/aromatic N) is 3. The van der Waals surface area contributed by atoms with Gasteiger partial charge in [-0.05, 0) is 57.7 Å². The average Bonchev–Trinajstić information content (AvgIpc) is 2.89. The monoisotopic (exact) mass is 405 g/mol. The third kappa shape index (κ3) is 8.34. The highest BCUT2D eigenvalue weighted by Gasteiger charge is 2.17. The number of β-amino-alcohol motifs (C(OH)–C–C–N with tert-alkyl or cyclic N) is 1. The largest absolute Gasteiger partial charge is 0.493 e. The van der Waals surface area contributed by atoms with Crippen LogP contribution in [0.15, 0.2) is 30.4 Å². The van der Waals surface area contributed by atoms with Crippen molar-refractivity contribution in [2.75, 3.05) is 66.6 Å². The third-order valence-electron chi connectivity index (χ3n) is 5.29. The van der Waals surface area contributed by atoms with Gasteiger partial charge in [-0.3, -0.25) is 9.80 Å². The summed E-state index contributed by atoms with van der Waals surface area (Å²) in [6.07, 6.45) is 0.611. The summed E-state index contributed by atoms with van der Waals surface area (Å²) < 4.78 is 11.4. The zero-order valence-electron chi connectivity index (χ0n) is 18.7. The molecule has 0 radical (unpaired) electrons. The van der Waals surface area contributed by atoms with E-state index >= 15 is 0 Å². The molecule has 164 valence electrons. The first-order valence-corrected chi connectivity index (χ1v) is 10.7. The number of methoxy groups -OCH3 is 1. The van der Waals surface area contributed by atoms with E-state index in [1.165, 1.54) is 0 Å². The third-order valence-corrected chi connectivity index (χ3v) is 5.29. The molecule has 0 aliphatic carbocycles. The zero-order valence-corrected chi connectivity index (χ0v) is 18.7. The summed E-state index contributed by atoms with van der Waals surface area (Å²) in [6, 6.07) is 6.03. The Morgan fingerprint density at radius 1 is 1.24 bits per heavy atom. The summed E-state index contributed by atoms with van der Waals surface area (Å²) >= 11 is 0. The van der Waals surface area contributed by atoms with Crippen LogP contribution < -0.4 is 9.47 Å². The Hall–Kier alpha value is -1.60. The minimum atomic E-state index is -0.526. The van der Waals surface area contributed by atoms with Crippen molar-refractivity contribution in [3.05, 3.63) is 35.9 Å². The number of benzene rings is 1. The standard InChI is InChI=1S/C23H39N3O3/c1-6-25(15-19(2)3)16-20-8-9-22(28-5)23(14-20)29-18-21(27)17-26-11-7-10-24(4)12-13-26/h8-9,14,21,27H,2,6-7,10-13,15-18H2,1,3-5H3. The van der Waals surface area contributed by atoms with Gasteiger partial charge in [0.25, 0.3) is 0 Å². The van der Waals surface area contributed by atoms with Crippen LogP contribution in [0.1, 0.15) is 25.8 Å². The molecule has 1 aliphatic heterocycles. The molecule has 1 unspecified atom stereocenters. The number of hydrogen-bond donors (Lipinski definition) is 1. The molecule has 29 heavy (non-hydrogen) atoms. The van der Waals surface area contributed by atoms with E-state index in [1.54, 1.807) is 7.11 Å². The van der Waals surface area contributed by atoms with Gasteiger partial charge in [-0.2, -0.15) is 0 Å². The molecule has 0 amide bonds. The fourth-order valence-electron chi connectivity index (χ4n) is 3.67. The number of aliphatic hydroxyl groups excluding tert-OH is 1. The molecule has 6 heteroatoms. The van der Waals surface area contributed by atoms with Crippen LogP contribution in [0.25, 0.3) is 0 Å². The van der Waals surface area contributed by atoms with E-state index < -0.39 is 6.10 Å². The summed E-state index contributed by atoms with van der Waals surface area (Å²) in [4.78, 5) is 6.99. The Bertz CT molecular complexity index is 638. The quantitative estimate of drug-likeness (QED) is 0.571. The Morgan fingerprint density at radius 2 is 2.03 bits per heavy atom. The molecule has 0 bridgehead atoms. The van der Waals surface area contributed by atoms with E-state index in [0.29, 0.717) is 18.0 Å². The highest BCUT2D eigenvalue weighted by Crippen LogP contribution is 2.29. The second-order valence-corrected chi connectivity index (χ2v) is 8.17. The van der Waals surface area contributed by atoms with Crippen molar-refractivity contribution < 1.29 is 14.6 Å². The summed E-state index contributed by atoms with van der Waals surface area (Å²) in [7, 11) is 3.80. The van der Waals surface area contributed by atoms with Gasteiger partial charge in [0.05, 0.1) is 7.11 Å². The molecule has 1 aromatic carbocycles. The van der Waals surface area contributed by atoms with E-state index in [0.717, 1.165) is 63.4 Å². The van der Waals surface area contributed by atoms with E-state index in [1.807, 2.05) is 12.1 Å². The maximum Gasteiger partial charge on any atom is 0.161 e. The van der Waals surface area contributed by atoms with E-state index in [-0.39, 0.29) is 6.61 Å². The lowest BCUT2D eigenvalue weighted by Crippen LogP contribution is -2.37. The van der Waals surface area contributed by atoms with Gasteiger partial charge < -0.3 is 19.5 Å². The van der Waals surface area contributed by atoms with Crippen molar-refractivity contribution in [1.29, 1.82) is 0 Å². The van der Waals surface area contributed by atoms with Gasteiger partial charge >= 0.3 is 0 Å². The maximum absolute atomic E-state index is 10.5. The fourth-order valence-corrected chi connectivity index (χ4v) is 3.67. The lowest BCUT2D eigenvalue weighted by atomic mass is 10.1. The molecular weight excluding hydrogens is 366 g/mol. The van der Waals surface area contributed by atoms with Crippen LogP contribution in [0.5, 0.6) is 11.5 Å². The predicted octanol–water partition coefficient (Wildman–Crippen LogP) is 2.47. The number of aliphatic hydroxyl groups is 1. The first-order chi connectivity index (χ1) is 13.9. The van der Waals surface area contributed by atoms with Gasteiger partial charge in [-0.25, -0.2) is 0 Å². The van der Waals surface area contributed by atoms with E-state index in [4.69, 9.17) is 9.47 Å². The Balaban J connectivity index is 1.93. The fraction of sp³-hybridized carbons (Fsp3) is 0.652. The number of ether oxygens (including phenoxy) is 2. The Labute approximate surface area is 176 Å². The molecule has 0 spiro atoms. The van der Waals surface area contributed by atoms with Crippen LogP contribution in [0, 0.1) is 0 Å². The molecular formula is C23H39N3O3. The number of hydrogen-bond acceptors (Lipinski definition) is 6. The predicted molar refractivity (Wildman–Crippen MR) is 119 cm³/mol. The normalized spacial score (nSPS) is 17.2. The highest BCUT2D eigenvalue weighted by atomic mass is 16.5. The van der Waals surface area contributed by atoms with Crippen LogP contribution in [0.4, 0.5) is 0 Å². The maximum atomic E-state index is 10.5. The highest BCUT2D eigenvalue weighted by molar-refractivity contribution is 5.43. The van der Waals surface area contributed by atoms with E-state index in [9.17, 15) is 5.11 Å². The lowest BCUT2D eigenvalue weighted by Gasteiger charge is -2.24. The molecule has 0 saturated carbocycles. The van der Waals surface area contributed by atoms with Gasteiger partial charge in [-0.1, -0.05) is 25.1 Å².